The molecule has 2 aliphatic rings. The number of hydrogen-bond donors (Lipinski definition) is 1. The second-order valence-electron chi connectivity index (χ2n) is 4.57. The Morgan fingerprint density at radius 1 is 1.33 bits per heavy atom. The van der Waals surface area contributed by atoms with Crippen LogP contribution in [-0.4, -0.2) is 43.2 Å². The number of nitrogens with one attached hydrogen (secondary N) is 1. The molecule has 0 aliphatic carbocycles. The first-order valence-corrected chi connectivity index (χ1v) is 5.91. The molecule has 0 aromatic rings. The summed E-state index contributed by atoms with van der Waals surface area (Å²) in [6, 6.07) is 0. The van der Waals surface area contributed by atoms with Gasteiger partial charge in [-0.2, -0.15) is 0 Å². The molecule has 86 valence electrons. The molecule has 2 fully saturated rings. The first-order valence-electron chi connectivity index (χ1n) is 5.91. The second kappa shape index (κ2) is 4.92. The fourth-order valence-electron chi connectivity index (χ4n) is 2.45. The quantitative estimate of drug-likeness (QED) is 0.704. The fourth-order valence-corrected chi connectivity index (χ4v) is 2.45. The zero-order valence-electron chi connectivity index (χ0n) is 9.04. The van der Waals surface area contributed by atoms with Crippen LogP contribution in [0.15, 0.2) is 0 Å². The highest BCUT2D eigenvalue weighted by molar-refractivity contribution is 5.79. The number of hydrogen-bond acceptors (Lipinski definition) is 2. The van der Waals surface area contributed by atoms with Gasteiger partial charge in [0.15, 0.2) is 0 Å². The van der Waals surface area contributed by atoms with Gasteiger partial charge in [-0.1, -0.05) is 0 Å². The Hall–Kier alpha value is -0.640. The van der Waals surface area contributed by atoms with Crippen molar-refractivity contribution in [1.29, 1.82) is 0 Å². The summed E-state index contributed by atoms with van der Waals surface area (Å²) in [4.78, 5) is 13.7. The zero-order chi connectivity index (χ0) is 10.7. The van der Waals surface area contributed by atoms with Crippen LogP contribution in [0.1, 0.15) is 25.7 Å². The lowest BCUT2D eigenvalue weighted by Crippen LogP contribution is -2.47. The number of likely N-dealkylation sites (tertiary alicyclic amines) is 1. The number of carbonyl (C=O) groups excluding carboxylic acids is 1. The molecule has 0 bridgehead atoms. The minimum absolute atomic E-state index is 0.0871. The third kappa shape index (κ3) is 2.68. The van der Waals surface area contributed by atoms with Gasteiger partial charge in [0.1, 0.15) is 6.17 Å². The molecule has 3 nitrogen and oxygen atoms in total. The van der Waals surface area contributed by atoms with Crippen LogP contribution in [0.5, 0.6) is 0 Å². The summed E-state index contributed by atoms with van der Waals surface area (Å²) in [6.45, 7) is 2.84. The maximum atomic E-state index is 13.2. The smallest absolute Gasteiger partial charge is 0.227 e. The monoisotopic (exact) mass is 214 g/mol. The van der Waals surface area contributed by atoms with Gasteiger partial charge in [0.05, 0.1) is 12.5 Å². The maximum Gasteiger partial charge on any atom is 0.227 e. The first-order chi connectivity index (χ1) is 7.27. The number of alkyl halides is 1. The summed E-state index contributed by atoms with van der Waals surface area (Å²) in [5.74, 6) is 0.244. The third-order valence-corrected chi connectivity index (χ3v) is 3.32. The Morgan fingerprint density at radius 2 is 2.20 bits per heavy atom. The molecule has 15 heavy (non-hydrogen) atoms. The summed E-state index contributed by atoms with van der Waals surface area (Å²) >= 11 is 0. The van der Waals surface area contributed by atoms with Crippen LogP contribution in [0.3, 0.4) is 0 Å². The molecule has 4 heteroatoms. The maximum absolute atomic E-state index is 13.2. The van der Waals surface area contributed by atoms with Gasteiger partial charge in [-0.3, -0.25) is 4.79 Å². The van der Waals surface area contributed by atoms with E-state index in [2.05, 4.69) is 5.32 Å². The molecular weight excluding hydrogens is 195 g/mol. The fraction of sp³-hybridized carbons (Fsp3) is 0.909. The van der Waals surface area contributed by atoms with Crippen LogP contribution >= 0.6 is 0 Å². The van der Waals surface area contributed by atoms with Gasteiger partial charge in [0, 0.05) is 13.1 Å². The standard InChI is InChI=1S/C11H19FN2O/c12-10-4-2-6-14(8-10)11(15)9-3-1-5-13-7-9/h9-10,13H,1-8H2. The van der Waals surface area contributed by atoms with E-state index in [-0.39, 0.29) is 11.8 Å². The van der Waals surface area contributed by atoms with E-state index in [0.717, 1.165) is 38.9 Å². The third-order valence-electron chi connectivity index (χ3n) is 3.32. The van der Waals surface area contributed by atoms with E-state index in [4.69, 9.17) is 0 Å². The molecule has 2 atom stereocenters. The van der Waals surface area contributed by atoms with Crippen molar-refractivity contribution in [1.82, 2.24) is 10.2 Å². The number of rotatable bonds is 1. The predicted molar refractivity (Wildman–Crippen MR) is 56.3 cm³/mol. The zero-order valence-corrected chi connectivity index (χ0v) is 9.04. The van der Waals surface area contributed by atoms with E-state index >= 15 is 0 Å². The van der Waals surface area contributed by atoms with Crippen LogP contribution < -0.4 is 5.32 Å². The molecule has 0 aromatic carbocycles. The molecule has 1 N–H and O–H groups in total. The van der Waals surface area contributed by atoms with E-state index < -0.39 is 6.17 Å². The van der Waals surface area contributed by atoms with Crippen LogP contribution in [0.4, 0.5) is 4.39 Å². The summed E-state index contributed by atoms with van der Waals surface area (Å²) in [5, 5.41) is 3.22. The average Bonchev–Trinajstić information content (AvgIpc) is 2.29. The lowest BCUT2D eigenvalue weighted by molar-refractivity contribution is -0.138. The van der Waals surface area contributed by atoms with Gasteiger partial charge in [-0.25, -0.2) is 4.39 Å². The molecule has 0 saturated carbocycles. The number of halogens is 1. The summed E-state index contributed by atoms with van der Waals surface area (Å²) in [5.41, 5.74) is 0. The molecule has 2 heterocycles. The van der Waals surface area contributed by atoms with Crippen LogP contribution in [-0.2, 0) is 4.79 Å². The van der Waals surface area contributed by atoms with Gasteiger partial charge in [-0.05, 0) is 32.2 Å². The van der Waals surface area contributed by atoms with Crippen molar-refractivity contribution in [3.63, 3.8) is 0 Å². The molecular formula is C11H19FN2O. The Balaban J connectivity index is 1.88. The van der Waals surface area contributed by atoms with Crippen LogP contribution in [0.2, 0.25) is 0 Å². The van der Waals surface area contributed by atoms with E-state index in [1.165, 1.54) is 0 Å². The lowest BCUT2D eigenvalue weighted by Gasteiger charge is -2.33. The lowest BCUT2D eigenvalue weighted by atomic mass is 9.97. The highest BCUT2D eigenvalue weighted by Gasteiger charge is 2.29. The molecule has 2 saturated heterocycles. The normalized spacial score (nSPS) is 32.7. The van der Waals surface area contributed by atoms with Gasteiger partial charge >= 0.3 is 0 Å². The van der Waals surface area contributed by atoms with Crippen molar-refractivity contribution < 1.29 is 9.18 Å². The van der Waals surface area contributed by atoms with E-state index in [9.17, 15) is 9.18 Å². The van der Waals surface area contributed by atoms with Gasteiger partial charge in [0.2, 0.25) is 5.91 Å². The molecule has 2 aliphatic heterocycles. The van der Waals surface area contributed by atoms with E-state index in [0.29, 0.717) is 13.0 Å². The minimum atomic E-state index is -0.806. The Labute approximate surface area is 90.0 Å². The van der Waals surface area contributed by atoms with Gasteiger partial charge in [-0.15, -0.1) is 0 Å². The highest BCUT2D eigenvalue weighted by atomic mass is 19.1. The molecule has 2 unspecified atom stereocenters. The van der Waals surface area contributed by atoms with Crippen LogP contribution in [0.25, 0.3) is 0 Å². The average molecular weight is 214 g/mol. The SMILES string of the molecule is O=C(C1CCCNC1)N1CCCC(F)C1. The van der Waals surface area contributed by atoms with Crippen molar-refractivity contribution >= 4 is 5.91 Å². The number of piperidine rings is 2. The van der Waals surface area contributed by atoms with Crippen molar-refractivity contribution in [2.75, 3.05) is 26.2 Å². The molecule has 0 radical (unpaired) electrons. The predicted octanol–water partition coefficient (Wildman–Crippen LogP) is 0.946. The van der Waals surface area contributed by atoms with Crippen molar-refractivity contribution in [3.8, 4) is 0 Å². The van der Waals surface area contributed by atoms with Crippen LogP contribution in [0, 0.1) is 5.92 Å². The summed E-state index contributed by atoms with van der Waals surface area (Å²) < 4.78 is 13.2. The van der Waals surface area contributed by atoms with E-state index in [1.807, 2.05) is 0 Å². The molecule has 2 rings (SSSR count). The topological polar surface area (TPSA) is 32.3 Å². The van der Waals surface area contributed by atoms with Crippen molar-refractivity contribution in [2.45, 2.75) is 31.9 Å². The number of nitrogens with zero attached hydrogens (tertiary/aromatic N) is 1. The van der Waals surface area contributed by atoms with E-state index in [1.54, 1.807) is 4.90 Å². The Morgan fingerprint density at radius 3 is 2.87 bits per heavy atom. The minimum Gasteiger partial charge on any atom is -0.340 e. The Bertz CT molecular complexity index is 229. The summed E-state index contributed by atoms with van der Waals surface area (Å²) in [7, 11) is 0. The highest BCUT2D eigenvalue weighted by Crippen LogP contribution is 2.18. The van der Waals surface area contributed by atoms with Crippen molar-refractivity contribution in [3.05, 3.63) is 0 Å². The Kier molecular flexibility index (Phi) is 3.57. The molecule has 0 spiro atoms. The first kappa shape index (κ1) is 10.9. The van der Waals surface area contributed by atoms with Gasteiger partial charge < -0.3 is 10.2 Å². The number of carbonyl (C=O) groups is 1. The van der Waals surface area contributed by atoms with Gasteiger partial charge in [0.25, 0.3) is 0 Å². The largest absolute Gasteiger partial charge is 0.340 e. The molecule has 0 aromatic heterocycles. The molecule has 1 amide bonds. The number of amides is 1. The summed E-state index contributed by atoms with van der Waals surface area (Å²) in [6.07, 6.45) is 2.64. The van der Waals surface area contributed by atoms with Crippen molar-refractivity contribution in [2.24, 2.45) is 5.92 Å². The second-order valence-corrected chi connectivity index (χ2v) is 4.57.